The number of amides is 1. The number of hydrogen-bond donors (Lipinski definition) is 1. The van der Waals surface area contributed by atoms with Gasteiger partial charge in [-0.2, -0.15) is 0 Å². The molecule has 6 nitrogen and oxygen atoms in total. The molecule has 0 unspecified atom stereocenters. The van der Waals surface area contributed by atoms with E-state index in [1.807, 2.05) is 0 Å². The highest BCUT2D eigenvalue weighted by atomic mass is 35.5. The van der Waals surface area contributed by atoms with Crippen molar-refractivity contribution in [3.8, 4) is 11.3 Å². The third-order valence-electron chi connectivity index (χ3n) is 4.55. The number of nitrogens with zero attached hydrogens (tertiary/aromatic N) is 3. The molecule has 4 rings (SSSR count). The fourth-order valence-corrected chi connectivity index (χ4v) is 3.31. The molecule has 0 radical (unpaired) electrons. The second-order valence-electron chi connectivity index (χ2n) is 6.77. The van der Waals surface area contributed by atoms with Crippen molar-refractivity contribution in [2.24, 2.45) is 0 Å². The van der Waals surface area contributed by atoms with Crippen LogP contribution in [0.3, 0.4) is 0 Å². The molecule has 0 bridgehead atoms. The molecule has 0 fully saturated rings. The zero-order valence-corrected chi connectivity index (χ0v) is 16.8. The van der Waals surface area contributed by atoms with E-state index in [4.69, 9.17) is 16.0 Å². The molecule has 3 heterocycles. The van der Waals surface area contributed by atoms with Gasteiger partial charge in [-0.05, 0) is 49.4 Å². The van der Waals surface area contributed by atoms with Crippen LogP contribution >= 0.6 is 11.6 Å². The van der Waals surface area contributed by atoms with Gasteiger partial charge in [-0.3, -0.25) is 9.20 Å². The number of halogens is 2. The van der Waals surface area contributed by atoms with E-state index in [2.05, 4.69) is 10.3 Å². The lowest BCUT2D eigenvalue weighted by molar-refractivity contribution is 0.0997. The van der Waals surface area contributed by atoms with Crippen LogP contribution in [0.1, 0.15) is 16.2 Å². The summed E-state index contributed by atoms with van der Waals surface area (Å²) in [6.07, 6.45) is 1.76. The Kier molecular flexibility index (Phi) is 4.76. The lowest BCUT2D eigenvalue weighted by atomic mass is 10.1. The van der Waals surface area contributed by atoms with E-state index in [1.54, 1.807) is 72.9 Å². The molecule has 3 aromatic heterocycles. The van der Waals surface area contributed by atoms with Crippen LogP contribution in [0.25, 0.3) is 17.0 Å². The molecule has 1 N–H and O–H groups in total. The summed E-state index contributed by atoms with van der Waals surface area (Å²) in [7, 11) is 3.53. The van der Waals surface area contributed by atoms with Crippen molar-refractivity contribution in [1.82, 2.24) is 9.38 Å². The molecule has 0 saturated heterocycles. The second kappa shape index (κ2) is 7.25. The van der Waals surface area contributed by atoms with E-state index in [0.717, 1.165) is 0 Å². The number of benzene rings is 1. The average Bonchev–Trinajstić information content (AvgIpc) is 3.28. The zero-order chi connectivity index (χ0) is 20.7. The van der Waals surface area contributed by atoms with Crippen LogP contribution in [0.4, 0.5) is 15.9 Å². The number of carbonyl (C=O) groups excluding carboxylic acids is 1. The Bertz CT molecular complexity index is 1230. The lowest BCUT2D eigenvalue weighted by Gasteiger charge is -2.13. The first-order chi connectivity index (χ1) is 13.8. The number of aromatic nitrogens is 2. The van der Waals surface area contributed by atoms with Gasteiger partial charge in [0.25, 0.3) is 5.91 Å². The molecule has 29 heavy (non-hydrogen) atoms. The fourth-order valence-electron chi connectivity index (χ4n) is 3.11. The number of imidazole rings is 1. The van der Waals surface area contributed by atoms with Crippen LogP contribution in [0.5, 0.6) is 0 Å². The first kappa shape index (κ1) is 19.0. The fraction of sp³-hybridized carbons (Fsp3) is 0.143. The van der Waals surface area contributed by atoms with E-state index in [9.17, 15) is 9.18 Å². The number of furan rings is 1. The maximum absolute atomic E-state index is 14.2. The highest BCUT2D eigenvalue weighted by Gasteiger charge is 2.18. The van der Waals surface area contributed by atoms with Gasteiger partial charge in [-0.25, -0.2) is 9.37 Å². The largest absolute Gasteiger partial charge is 0.451 e. The predicted octanol–water partition coefficient (Wildman–Crippen LogP) is 5.01. The van der Waals surface area contributed by atoms with Crippen molar-refractivity contribution >= 4 is 34.7 Å². The summed E-state index contributed by atoms with van der Waals surface area (Å²) in [5, 5.41) is 3.29. The van der Waals surface area contributed by atoms with Gasteiger partial charge in [0.15, 0.2) is 11.4 Å². The van der Waals surface area contributed by atoms with Crippen LogP contribution in [0.15, 0.2) is 53.1 Å². The van der Waals surface area contributed by atoms with E-state index in [1.165, 1.54) is 6.07 Å². The highest BCUT2D eigenvalue weighted by molar-refractivity contribution is 6.33. The van der Waals surface area contributed by atoms with Gasteiger partial charge >= 0.3 is 0 Å². The lowest BCUT2D eigenvalue weighted by Crippen LogP contribution is -2.13. The van der Waals surface area contributed by atoms with Crippen molar-refractivity contribution in [1.29, 1.82) is 0 Å². The third kappa shape index (κ3) is 3.45. The molecule has 0 saturated carbocycles. The summed E-state index contributed by atoms with van der Waals surface area (Å²) < 4.78 is 21.6. The van der Waals surface area contributed by atoms with Crippen molar-refractivity contribution in [2.75, 3.05) is 24.3 Å². The minimum atomic E-state index is -0.438. The number of pyridine rings is 1. The zero-order valence-electron chi connectivity index (χ0n) is 16.0. The van der Waals surface area contributed by atoms with Gasteiger partial charge in [-0.1, -0.05) is 11.6 Å². The molecule has 0 aliphatic rings. The minimum absolute atomic E-state index is 0.105. The summed E-state index contributed by atoms with van der Waals surface area (Å²) in [5.41, 5.74) is 2.20. The Morgan fingerprint density at radius 2 is 2.03 bits per heavy atom. The molecule has 0 aliphatic carbocycles. The number of aryl methyl sites for hydroxylation is 1. The Hall–Kier alpha value is -3.32. The summed E-state index contributed by atoms with van der Waals surface area (Å²) in [5.74, 6) is 0.206. The first-order valence-corrected chi connectivity index (χ1v) is 9.24. The molecule has 1 aromatic carbocycles. The van der Waals surface area contributed by atoms with Crippen LogP contribution in [0.2, 0.25) is 5.02 Å². The standard InChI is InChI=1S/C21H18ClFN4O2/c1-12-19(27-10-4-5-14(22)20(27)24-12)25-21(28)18-9-8-17(29-18)13-6-7-16(26(2)3)15(23)11-13/h4-11H,1-3H3,(H,25,28). The summed E-state index contributed by atoms with van der Waals surface area (Å²) in [6, 6.07) is 11.5. The quantitative estimate of drug-likeness (QED) is 0.511. The molecule has 0 spiro atoms. The normalized spacial score (nSPS) is 11.1. The summed E-state index contributed by atoms with van der Waals surface area (Å²) in [4.78, 5) is 18.8. The number of rotatable bonds is 4. The molecular formula is C21H18ClFN4O2. The second-order valence-corrected chi connectivity index (χ2v) is 7.18. The van der Waals surface area contributed by atoms with Crippen molar-refractivity contribution < 1.29 is 13.6 Å². The number of carbonyl (C=O) groups is 1. The average molecular weight is 413 g/mol. The monoisotopic (exact) mass is 412 g/mol. The van der Waals surface area contributed by atoms with Gasteiger partial charge < -0.3 is 14.6 Å². The minimum Gasteiger partial charge on any atom is -0.451 e. The molecule has 148 valence electrons. The smallest absolute Gasteiger partial charge is 0.292 e. The molecule has 1 amide bonds. The van der Waals surface area contributed by atoms with Crippen LogP contribution < -0.4 is 10.2 Å². The highest BCUT2D eigenvalue weighted by Crippen LogP contribution is 2.28. The number of hydrogen-bond acceptors (Lipinski definition) is 4. The first-order valence-electron chi connectivity index (χ1n) is 8.87. The Morgan fingerprint density at radius 1 is 1.24 bits per heavy atom. The Morgan fingerprint density at radius 3 is 2.76 bits per heavy atom. The van der Waals surface area contributed by atoms with Crippen LogP contribution in [-0.2, 0) is 0 Å². The maximum Gasteiger partial charge on any atom is 0.292 e. The topological polar surface area (TPSA) is 62.8 Å². The molecule has 0 aliphatic heterocycles. The van der Waals surface area contributed by atoms with E-state index in [-0.39, 0.29) is 11.6 Å². The van der Waals surface area contributed by atoms with Crippen LogP contribution in [-0.4, -0.2) is 29.4 Å². The molecule has 8 heteroatoms. The van der Waals surface area contributed by atoms with E-state index in [0.29, 0.717) is 39.2 Å². The van der Waals surface area contributed by atoms with Gasteiger partial charge in [0, 0.05) is 25.9 Å². The molecular weight excluding hydrogens is 395 g/mol. The number of anilines is 2. The Balaban J connectivity index is 1.61. The summed E-state index contributed by atoms with van der Waals surface area (Å²) in [6.45, 7) is 1.78. The van der Waals surface area contributed by atoms with Gasteiger partial charge in [0.2, 0.25) is 0 Å². The third-order valence-corrected chi connectivity index (χ3v) is 4.85. The molecule has 4 aromatic rings. The van der Waals surface area contributed by atoms with Gasteiger partial charge in [0.1, 0.15) is 17.4 Å². The Labute approximate surface area is 171 Å². The van der Waals surface area contributed by atoms with Crippen molar-refractivity contribution in [3.05, 3.63) is 71.0 Å². The van der Waals surface area contributed by atoms with E-state index >= 15 is 0 Å². The van der Waals surface area contributed by atoms with Crippen molar-refractivity contribution in [2.45, 2.75) is 6.92 Å². The van der Waals surface area contributed by atoms with Gasteiger partial charge in [-0.15, -0.1) is 0 Å². The van der Waals surface area contributed by atoms with Crippen molar-refractivity contribution in [3.63, 3.8) is 0 Å². The SMILES string of the molecule is Cc1nc2c(Cl)cccn2c1NC(=O)c1ccc(-c2ccc(N(C)C)c(F)c2)o1. The van der Waals surface area contributed by atoms with Crippen LogP contribution in [0, 0.1) is 12.7 Å². The summed E-state index contributed by atoms with van der Waals surface area (Å²) >= 11 is 6.16. The molecule has 0 atom stereocenters. The number of fused-ring (bicyclic) bond motifs is 1. The van der Waals surface area contributed by atoms with E-state index < -0.39 is 5.91 Å². The number of nitrogens with one attached hydrogen (secondary N) is 1. The predicted molar refractivity (Wildman–Crippen MR) is 111 cm³/mol. The van der Waals surface area contributed by atoms with Gasteiger partial charge in [0.05, 0.1) is 16.4 Å². The maximum atomic E-state index is 14.2.